The van der Waals surface area contributed by atoms with Crippen molar-refractivity contribution in [2.24, 2.45) is 10.2 Å². The molecule has 3 heteroatoms. The Balaban J connectivity index is 2.49. The largest absolute Gasteiger partial charge is 0.256 e. The van der Waals surface area contributed by atoms with Gasteiger partial charge in [0.05, 0.1) is 5.69 Å². The van der Waals surface area contributed by atoms with Gasteiger partial charge in [0.15, 0.2) is 0 Å². The predicted molar refractivity (Wildman–Crippen MR) is 50.0 cm³/mol. The molecule has 0 radical (unpaired) electrons. The Morgan fingerprint density at radius 1 is 1.15 bits per heavy atom. The van der Waals surface area contributed by atoms with E-state index in [1.54, 1.807) is 0 Å². The van der Waals surface area contributed by atoms with Gasteiger partial charge in [-0.3, -0.25) is 4.98 Å². The topological polar surface area (TPSA) is 37.6 Å². The molecule has 3 nitrogen and oxygen atoms in total. The summed E-state index contributed by atoms with van der Waals surface area (Å²) in [6.45, 7) is 0.625. The minimum absolute atomic E-state index is 0.625. The van der Waals surface area contributed by atoms with E-state index in [1.165, 1.54) is 0 Å². The normalized spacial score (nSPS) is 13.5. The molecule has 13 heavy (non-hydrogen) atoms. The highest BCUT2D eigenvalue weighted by atomic mass is 15.2. The summed E-state index contributed by atoms with van der Waals surface area (Å²) in [4.78, 5) is 4.30. The van der Waals surface area contributed by atoms with Gasteiger partial charge >= 0.3 is 0 Å². The number of fused-ring (bicyclic) bond motifs is 3. The lowest BCUT2D eigenvalue weighted by molar-refractivity contribution is 0.997. The first-order chi connectivity index (χ1) is 6.45. The Bertz CT molecular complexity index is 502. The van der Waals surface area contributed by atoms with Crippen molar-refractivity contribution in [3.05, 3.63) is 36.2 Å². The molecule has 2 aromatic rings. The number of rotatable bonds is 0. The number of azo groups is 1. The third-order valence-electron chi connectivity index (χ3n) is 2.24. The van der Waals surface area contributed by atoms with Gasteiger partial charge in [0.1, 0.15) is 12.2 Å². The van der Waals surface area contributed by atoms with Crippen LogP contribution in [0.25, 0.3) is 10.8 Å². The van der Waals surface area contributed by atoms with Crippen LogP contribution >= 0.6 is 0 Å². The maximum absolute atomic E-state index is 4.30. The van der Waals surface area contributed by atoms with Gasteiger partial charge in [-0.05, 0) is 0 Å². The van der Waals surface area contributed by atoms with Gasteiger partial charge in [0, 0.05) is 17.0 Å². The van der Waals surface area contributed by atoms with Crippen LogP contribution in [0.3, 0.4) is 0 Å². The number of aromatic nitrogens is 1. The van der Waals surface area contributed by atoms with Gasteiger partial charge in [0.25, 0.3) is 0 Å². The summed E-state index contributed by atoms with van der Waals surface area (Å²) in [5, 5.41) is 10.3. The molecular weight excluding hydrogens is 162 g/mol. The Morgan fingerprint density at radius 3 is 3.08 bits per heavy atom. The lowest BCUT2D eigenvalue weighted by Crippen LogP contribution is -1.84. The average Bonchev–Trinajstić information content (AvgIpc) is 2.65. The second kappa shape index (κ2) is 2.36. The molecule has 0 fully saturated rings. The van der Waals surface area contributed by atoms with Crippen molar-refractivity contribution >= 4 is 16.5 Å². The van der Waals surface area contributed by atoms with Crippen molar-refractivity contribution in [3.63, 3.8) is 0 Å². The summed E-state index contributed by atoms with van der Waals surface area (Å²) in [7, 11) is 0. The van der Waals surface area contributed by atoms with Crippen molar-refractivity contribution in [1.82, 2.24) is 4.98 Å². The molecule has 1 aliphatic heterocycles. The first-order valence-electron chi connectivity index (χ1n) is 4.19. The molecule has 1 aromatic carbocycles. The van der Waals surface area contributed by atoms with Crippen LogP contribution < -0.4 is 0 Å². The quantitative estimate of drug-likeness (QED) is 0.597. The third kappa shape index (κ3) is 0.869. The van der Waals surface area contributed by atoms with Gasteiger partial charge in [-0.2, -0.15) is 10.2 Å². The molecule has 1 aromatic heterocycles. The summed E-state index contributed by atoms with van der Waals surface area (Å²) in [6, 6.07) is 8.11. The second-order valence-electron chi connectivity index (χ2n) is 3.04. The molecule has 0 atom stereocenters. The van der Waals surface area contributed by atoms with E-state index >= 15 is 0 Å². The van der Waals surface area contributed by atoms with E-state index < -0.39 is 0 Å². The van der Waals surface area contributed by atoms with E-state index in [4.69, 9.17) is 0 Å². The van der Waals surface area contributed by atoms with Crippen LogP contribution in [0.1, 0.15) is 5.69 Å². The van der Waals surface area contributed by atoms with Crippen LogP contribution in [0.2, 0.25) is 0 Å². The zero-order chi connectivity index (χ0) is 8.67. The fourth-order valence-corrected chi connectivity index (χ4v) is 1.59. The molecule has 0 aliphatic carbocycles. The zero-order valence-electron chi connectivity index (χ0n) is 6.94. The number of pyridine rings is 1. The first kappa shape index (κ1) is 6.71. The molecule has 2 heterocycles. The fraction of sp³-hybridized carbons (Fsp3) is 0.100. The van der Waals surface area contributed by atoms with Crippen molar-refractivity contribution in [2.75, 3.05) is 0 Å². The molecule has 0 bridgehead atoms. The molecule has 62 valence electrons. The third-order valence-corrected chi connectivity index (χ3v) is 2.24. The van der Waals surface area contributed by atoms with Gasteiger partial charge in [-0.1, -0.05) is 24.3 Å². The van der Waals surface area contributed by atoms with Crippen molar-refractivity contribution in [1.29, 1.82) is 0 Å². The fourth-order valence-electron chi connectivity index (χ4n) is 1.59. The molecule has 0 amide bonds. The number of hydrogen-bond acceptors (Lipinski definition) is 3. The maximum atomic E-state index is 4.30. The van der Waals surface area contributed by atoms with E-state index in [-0.39, 0.29) is 0 Å². The van der Waals surface area contributed by atoms with Gasteiger partial charge in [-0.25, -0.2) is 0 Å². The molecule has 0 saturated carbocycles. The average molecular weight is 169 g/mol. The first-order valence-corrected chi connectivity index (χ1v) is 4.19. The number of hydrogen-bond donors (Lipinski definition) is 0. The molecule has 3 rings (SSSR count). The molecular formula is C10H7N3. The summed E-state index contributed by atoms with van der Waals surface area (Å²) in [5.74, 6) is 0. The molecule has 0 spiro atoms. The van der Waals surface area contributed by atoms with Gasteiger partial charge < -0.3 is 0 Å². The number of benzene rings is 1. The van der Waals surface area contributed by atoms with E-state index in [0.29, 0.717) is 6.54 Å². The van der Waals surface area contributed by atoms with Crippen LogP contribution in [0.4, 0.5) is 5.69 Å². The summed E-state index contributed by atoms with van der Waals surface area (Å²) >= 11 is 0. The highest BCUT2D eigenvalue weighted by Crippen LogP contribution is 2.32. The van der Waals surface area contributed by atoms with E-state index in [9.17, 15) is 0 Å². The molecule has 0 saturated heterocycles. The van der Waals surface area contributed by atoms with Crippen molar-refractivity contribution in [3.8, 4) is 0 Å². The van der Waals surface area contributed by atoms with Crippen molar-refractivity contribution in [2.45, 2.75) is 6.54 Å². The summed E-state index contributed by atoms with van der Waals surface area (Å²) in [5.41, 5.74) is 1.93. The minimum Gasteiger partial charge on any atom is -0.256 e. The van der Waals surface area contributed by atoms with E-state index in [0.717, 1.165) is 22.2 Å². The second-order valence-corrected chi connectivity index (χ2v) is 3.04. The lowest BCUT2D eigenvalue weighted by atomic mass is 10.1. The SMILES string of the molecule is c1ccc2c3c(ncc2c1)CN=N3. The van der Waals surface area contributed by atoms with Crippen LogP contribution in [0.5, 0.6) is 0 Å². The van der Waals surface area contributed by atoms with E-state index in [2.05, 4.69) is 21.3 Å². The van der Waals surface area contributed by atoms with Crippen LogP contribution in [-0.2, 0) is 6.54 Å². The van der Waals surface area contributed by atoms with Crippen LogP contribution in [-0.4, -0.2) is 4.98 Å². The molecule has 0 N–H and O–H groups in total. The maximum Gasteiger partial charge on any atom is 0.117 e. The monoisotopic (exact) mass is 169 g/mol. The van der Waals surface area contributed by atoms with Crippen molar-refractivity contribution < 1.29 is 0 Å². The molecule has 1 aliphatic rings. The lowest BCUT2D eigenvalue weighted by Gasteiger charge is -1.99. The van der Waals surface area contributed by atoms with Gasteiger partial charge in [-0.15, -0.1) is 0 Å². The number of nitrogens with zero attached hydrogens (tertiary/aromatic N) is 3. The minimum atomic E-state index is 0.625. The van der Waals surface area contributed by atoms with Gasteiger partial charge in [0.2, 0.25) is 0 Å². The Kier molecular flexibility index (Phi) is 1.22. The standard InChI is InChI=1S/C10H7N3/c1-2-4-8-7(3-1)5-11-9-6-12-13-10(8)9/h1-5H,6H2. The van der Waals surface area contributed by atoms with Crippen LogP contribution in [0, 0.1) is 0 Å². The Labute approximate surface area is 75.1 Å². The highest BCUT2D eigenvalue weighted by Gasteiger charge is 2.11. The summed E-state index contributed by atoms with van der Waals surface area (Å²) < 4.78 is 0. The predicted octanol–water partition coefficient (Wildman–Crippen LogP) is 2.83. The molecule has 0 unspecified atom stereocenters. The smallest absolute Gasteiger partial charge is 0.117 e. The van der Waals surface area contributed by atoms with E-state index in [1.807, 2.05) is 24.4 Å². The van der Waals surface area contributed by atoms with Crippen LogP contribution in [0.15, 0.2) is 40.7 Å². The highest BCUT2D eigenvalue weighted by molar-refractivity contribution is 5.92. The Morgan fingerprint density at radius 2 is 2.08 bits per heavy atom. The Hall–Kier alpha value is -1.77. The summed E-state index contributed by atoms with van der Waals surface area (Å²) in [6.07, 6.45) is 1.88. The zero-order valence-corrected chi connectivity index (χ0v) is 6.94.